The van der Waals surface area contributed by atoms with Gasteiger partial charge in [-0.25, -0.2) is 0 Å². The number of rotatable bonds is 1. The zero-order valence-electron chi connectivity index (χ0n) is 13.0. The minimum Gasteiger partial charge on any atom is -0.384 e. The molecule has 2 atom stereocenters. The smallest absolute Gasteiger partial charge is 0.253 e. The first-order valence-corrected chi connectivity index (χ1v) is 7.50. The average molecular weight is 285 g/mol. The van der Waals surface area contributed by atoms with Crippen molar-refractivity contribution in [3.8, 4) is 11.8 Å². The van der Waals surface area contributed by atoms with E-state index in [2.05, 4.69) is 25.7 Å². The molecule has 0 aromatic heterocycles. The fourth-order valence-corrected chi connectivity index (χ4v) is 3.13. The Labute approximate surface area is 127 Å². The largest absolute Gasteiger partial charge is 0.384 e. The van der Waals surface area contributed by atoms with Crippen LogP contribution in [-0.2, 0) is 0 Å². The lowest BCUT2D eigenvalue weighted by molar-refractivity contribution is 0.0623. The number of aliphatic hydroxyl groups is 1. The molecule has 112 valence electrons. The Morgan fingerprint density at radius 2 is 1.95 bits per heavy atom. The number of amides is 1. The third-order valence-electron chi connectivity index (χ3n) is 3.79. The first-order chi connectivity index (χ1) is 9.99. The molecule has 1 amide bonds. The van der Waals surface area contributed by atoms with Crippen molar-refractivity contribution in [2.45, 2.75) is 27.2 Å². The predicted octanol–water partition coefficient (Wildman–Crippen LogP) is 2.46. The zero-order valence-corrected chi connectivity index (χ0v) is 13.0. The molecule has 0 radical (unpaired) electrons. The Bertz CT molecular complexity index is 573. The molecule has 3 nitrogen and oxygen atoms in total. The lowest BCUT2D eigenvalue weighted by Gasteiger charge is -2.35. The second-order valence-electron chi connectivity index (χ2n) is 6.20. The topological polar surface area (TPSA) is 40.5 Å². The fraction of sp³-hybridized carbons (Fsp3) is 0.500. The van der Waals surface area contributed by atoms with Crippen molar-refractivity contribution in [3.05, 3.63) is 34.9 Å². The van der Waals surface area contributed by atoms with Crippen LogP contribution in [0.25, 0.3) is 0 Å². The summed E-state index contributed by atoms with van der Waals surface area (Å²) >= 11 is 0. The lowest BCUT2D eigenvalue weighted by Crippen LogP contribution is -2.42. The van der Waals surface area contributed by atoms with Crippen molar-refractivity contribution in [2.75, 3.05) is 19.7 Å². The molecule has 1 aromatic carbocycles. The average Bonchev–Trinajstić information content (AvgIpc) is 2.42. The SMILES string of the molecule is Cc1cc(C#CCO)cc(C(=O)N2CC(C)CC(C)C2)c1. The molecule has 1 aliphatic heterocycles. The number of carbonyl (C=O) groups is 1. The molecule has 1 saturated heterocycles. The maximum atomic E-state index is 12.7. The van der Waals surface area contributed by atoms with Gasteiger partial charge in [-0.15, -0.1) is 0 Å². The zero-order chi connectivity index (χ0) is 15.4. The van der Waals surface area contributed by atoms with Crippen LogP contribution in [0.4, 0.5) is 0 Å². The minimum atomic E-state index is -0.168. The predicted molar refractivity (Wildman–Crippen MR) is 84.0 cm³/mol. The molecule has 0 spiro atoms. The molecule has 1 fully saturated rings. The molecule has 2 unspecified atom stereocenters. The van der Waals surface area contributed by atoms with E-state index in [0.29, 0.717) is 17.4 Å². The van der Waals surface area contributed by atoms with Gasteiger partial charge in [0.05, 0.1) is 0 Å². The van der Waals surface area contributed by atoms with Crippen molar-refractivity contribution in [1.29, 1.82) is 0 Å². The van der Waals surface area contributed by atoms with Crippen LogP contribution in [0.2, 0.25) is 0 Å². The number of hydrogen-bond donors (Lipinski definition) is 1. The Hall–Kier alpha value is -1.79. The molecule has 1 aromatic rings. The maximum absolute atomic E-state index is 12.7. The van der Waals surface area contributed by atoms with E-state index >= 15 is 0 Å². The highest BCUT2D eigenvalue weighted by Gasteiger charge is 2.26. The summed E-state index contributed by atoms with van der Waals surface area (Å²) in [6, 6.07) is 5.67. The van der Waals surface area contributed by atoms with Gasteiger partial charge >= 0.3 is 0 Å². The Morgan fingerprint density at radius 1 is 1.29 bits per heavy atom. The highest BCUT2D eigenvalue weighted by atomic mass is 16.2. The van der Waals surface area contributed by atoms with Crippen molar-refractivity contribution in [1.82, 2.24) is 4.90 Å². The molecule has 1 aliphatic rings. The van der Waals surface area contributed by atoms with E-state index in [1.54, 1.807) is 0 Å². The van der Waals surface area contributed by atoms with Crippen LogP contribution in [0.5, 0.6) is 0 Å². The summed E-state index contributed by atoms with van der Waals surface area (Å²) in [4.78, 5) is 14.7. The number of benzene rings is 1. The van der Waals surface area contributed by atoms with E-state index in [4.69, 9.17) is 5.11 Å². The number of aryl methyl sites for hydroxylation is 1. The van der Waals surface area contributed by atoms with Gasteiger partial charge in [0.2, 0.25) is 0 Å². The first kappa shape index (κ1) is 15.6. The summed E-state index contributed by atoms with van der Waals surface area (Å²) in [5.74, 6) is 6.70. The van der Waals surface area contributed by atoms with Gasteiger partial charge in [-0.2, -0.15) is 0 Å². The Balaban J connectivity index is 2.24. The summed E-state index contributed by atoms with van der Waals surface area (Å²) in [6.07, 6.45) is 1.19. The molecule has 2 rings (SSSR count). The van der Waals surface area contributed by atoms with Crippen LogP contribution in [-0.4, -0.2) is 35.6 Å². The molecule has 0 aliphatic carbocycles. The van der Waals surface area contributed by atoms with Crippen LogP contribution in [0.3, 0.4) is 0 Å². The van der Waals surface area contributed by atoms with Gasteiger partial charge in [-0.1, -0.05) is 25.7 Å². The molecular weight excluding hydrogens is 262 g/mol. The van der Waals surface area contributed by atoms with Crippen molar-refractivity contribution < 1.29 is 9.90 Å². The van der Waals surface area contributed by atoms with Gasteiger partial charge in [0.25, 0.3) is 5.91 Å². The van der Waals surface area contributed by atoms with Gasteiger partial charge in [0, 0.05) is 24.2 Å². The summed E-state index contributed by atoms with van der Waals surface area (Å²) < 4.78 is 0. The van der Waals surface area contributed by atoms with Crippen LogP contribution < -0.4 is 0 Å². The Kier molecular flexibility index (Phi) is 5.03. The normalized spacial score (nSPS) is 21.6. The quantitative estimate of drug-likeness (QED) is 0.805. The van der Waals surface area contributed by atoms with E-state index in [1.807, 2.05) is 30.0 Å². The molecular formula is C18H23NO2. The van der Waals surface area contributed by atoms with E-state index in [1.165, 1.54) is 6.42 Å². The highest BCUT2D eigenvalue weighted by molar-refractivity contribution is 5.95. The summed E-state index contributed by atoms with van der Waals surface area (Å²) in [5, 5.41) is 8.79. The number of nitrogens with zero attached hydrogens (tertiary/aromatic N) is 1. The highest BCUT2D eigenvalue weighted by Crippen LogP contribution is 2.23. The standard InChI is InChI=1S/C18H23NO2/c1-13-8-16(5-4-6-20)10-17(9-13)18(21)19-11-14(2)7-15(3)12-19/h8-10,14-15,20H,6-7,11-12H2,1-3H3. The van der Waals surface area contributed by atoms with Crippen molar-refractivity contribution in [2.24, 2.45) is 11.8 Å². The summed E-state index contributed by atoms with van der Waals surface area (Å²) in [5.41, 5.74) is 2.49. The Morgan fingerprint density at radius 3 is 2.57 bits per heavy atom. The van der Waals surface area contributed by atoms with E-state index in [-0.39, 0.29) is 12.5 Å². The molecule has 21 heavy (non-hydrogen) atoms. The number of likely N-dealkylation sites (tertiary alicyclic amines) is 1. The van der Waals surface area contributed by atoms with Crippen molar-refractivity contribution >= 4 is 5.91 Å². The van der Waals surface area contributed by atoms with Crippen molar-refractivity contribution in [3.63, 3.8) is 0 Å². The second-order valence-corrected chi connectivity index (χ2v) is 6.20. The number of piperidine rings is 1. The monoisotopic (exact) mass is 285 g/mol. The second kappa shape index (κ2) is 6.78. The number of aliphatic hydroxyl groups excluding tert-OH is 1. The number of hydrogen-bond acceptors (Lipinski definition) is 2. The summed E-state index contributed by atoms with van der Waals surface area (Å²) in [6.45, 7) is 7.85. The van der Waals surface area contributed by atoms with E-state index < -0.39 is 0 Å². The van der Waals surface area contributed by atoms with E-state index in [0.717, 1.165) is 24.2 Å². The molecule has 0 bridgehead atoms. The van der Waals surface area contributed by atoms with Gasteiger partial charge in [-0.05, 0) is 48.9 Å². The summed E-state index contributed by atoms with van der Waals surface area (Å²) in [7, 11) is 0. The van der Waals surface area contributed by atoms with E-state index in [9.17, 15) is 4.79 Å². The van der Waals surface area contributed by atoms with Crippen LogP contribution >= 0.6 is 0 Å². The molecule has 1 heterocycles. The van der Waals surface area contributed by atoms with Gasteiger partial charge < -0.3 is 10.0 Å². The lowest BCUT2D eigenvalue weighted by atomic mass is 9.91. The molecule has 1 N–H and O–H groups in total. The first-order valence-electron chi connectivity index (χ1n) is 7.50. The molecule has 0 saturated carbocycles. The van der Waals surface area contributed by atoms with Crippen LogP contribution in [0.15, 0.2) is 18.2 Å². The maximum Gasteiger partial charge on any atom is 0.253 e. The fourth-order valence-electron chi connectivity index (χ4n) is 3.13. The number of carbonyl (C=O) groups excluding carboxylic acids is 1. The minimum absolute atomic E-state index is 0.0872. The third-order valence-corrected chi connectivity index (χ3v) is 3.79. The molecule has 3 heteroatoms. The van der Waals surface area contributed by atoms with Gasteiger partial charge in [0.15, 0.2) is 0 Å². The van der Waals surface area contributed by atoms with Gasteiger partial charge in [-0.3, -0.25) is 4.79 Å². The van der Waals surface area contributed by atoms with Crippen LogP contribution in [0.1, 0.15) is 41.8 Å². The van der Waals surface area contributed by atoms with Crippen LogP contribution in [0, 0.1) is 30.6 Å². The third kappa shape index (κ3) is 4.09. The van der Waals surface area contributed by atoms with Gasteiger partial charge in [0.1, 0.15) is 6.61 Å².